The second-order valence-corrected chi connectivity index (χ2v) is 10.9. The lowest BCUT2D eigenvalue weighted by Crippen LogP contribution is -2.36. The molecule has 2 atom stereocenters. The summed E-state index contributed by atoms with van der Waals surface area (Å²) in [5, 5.41) is 15.3. The number of hydrogen-bond acceptors (Lipinski definition) is 6. The molecule has 0 bridgehead atoms. The van der Waals surface area contributed by atoms with Crippen LogP contribution in [-0.4, -0.2) is 33.6 Å². The van der Waals surface area contributed by atoms with E-state index in [-0.39, 0.29) is 17.6 Å². The summed E-state index contributed by atoms with van der Waals surface area (Å²) in [5.41, 5.74) is 4.34. The Morgan fingerprint density at radius 3 is 2.59 bits per heavy atom. The zero-order chi connectivity index (χ0) is 24.2. The van der Waals surface area contributed by atoms with Gasteiger partial charge in [-0.1, -0.05) is 36.7 Å². The van der Waals surface area contributed by atoms with Gasteiger partial charge in [-0.15, -0.1) is 11.3 Å². The average molecular weight is 498 g/mol. The number of hydrogen-bond donors (Lipinski definition) is 3. The van der Waals surface area contributed by atoms with Crippen LogP contribution < -0.4 is 10.6 Å². The van der Waals surface area contributed by atoms with E-state index in [0.717, 1.165) is 44.2 Å². The van der Waals surface area contributed by atoms with Crippen molar-refractivity contribution in [3.63, 3.8) is 0 Å². The highest BCUT2D eigenvalue weighted by molar-refractivity contribution is 8.01. The number of carboxylic acids is 1. The molecule has 0 aliphatic heterocycles. The van der Waals surface area contributed by atoms with Crippen molar-refractivity contribution in [1.82, 2.24) is 4.98 Å². The van der Waals surface area contributed by atoms with Crippen molar-refractivity contribution >= 4 is 62.5 Å². The molecule has 3 N–H and O–H groups in total. The van der Waals surface area contributed by atoms with Crippen LogP contribution in [0, 0.1) is 25.7 Å². The van der Waals surface area contributed by atoms with E-state index in [9.17, 15) is 19.5 Å². The summed E-state index contributed by atoms with van der Waals surface area (Å²) in [5.74, 6) is -2.13. The standard InChI is InChI=1S/C25H27N3O4S2/c1-14-7-8-15(2)20(11-14)27-22(29)13-33-25-28-19-10-9-16(12-21(19)34-25)26-23(30)17-5-3-4-6-18(17)24(31)32/h7-12,17-18H,3-6,13H2,1-2H3,(H,26,30)(H,27,29)(H,31,32)/t17-,18-/m1/s1. The fraction of sp³-hybridized carbons (Fsp3) is 0.360. The molecule has 178 valence electrons. The fourth-order valence-corrected chi connectivity index (χ4v) is 6.11. The van der Waals surface area contributed by atoms with E-state index in [4.69, 9.17) is 0 Å². The van der Waals surface area contributed by atoms with Crippen molar-refractivity contribution in [3.8, 4) is 0 Å². The van der Waals surface area contributed by atoms with Crippen LogP contribution in [0.2, 0.25) is 0 Å². The Morgan fingerprint density at radius 1 is 1.06 bits per heavy atom. The van der Waals surface area contributed by atoms with E-state index in [1.165, 1.54) is 23.1 Å². The monoisotopic (exact) mass is 497 g/mol. The molecule has 1 saturated carbocycles. The first kappa shape index (κ1) is 24.2. The SMILES string of the molecule is Cc1ccc(C)c(NC(=O)CSc2nc3ccc(NC(=O)[C@@H]4CCCC[C@H]4C(=O)O)cc3s2)c1. The van der Waals surface area contributed by atoms with Crippen LogP contribution in [0.3, 0.4) is 0 Å². The molecule has 9 heteroatoms. The minimum absolute atomic E-state index is 0.0913. The van der Waals surface area contributed by atoms with Crippen LogP contribution in [0.15, 0.2) is 40.7 Å². The Labute approximate surface area is 206 Å². The van der Waals surface area contributed by atoms with E-state index in [1.807, 2.05) is 44.2 Å². The molecule has 2 aromatic carbocycles. The third-order valence-electron chi connectivity index (χ3n) is 6.05. The highest BCUT2D eigenvalue weighted by atomic mass is 32.2. The third-order valence-corrected chi connectivity index (χ3v) is 8.21. The molecule has 0 saturated heterocycles. The lowest BCUT2D eigenvalue weighted by Gasteiger charge is -2.27. The lowest BCUT2D eigenvalue weighted by molar-refractivity contribution is -0.147. The number of anilines is 2. The number of thioether (sulfide) groups is 1. The maximum Gasteiger partial charge on any atom is 0.307 e. The first-order valence-corrected chi connectivity index (χ1v) is 13.0. The summed E-state index contributed by atoms with van der Waals surface area (Å²) in [6, 6.07) is 11.4. The number of amides is 2. The average Bonchev–Trinajstić information content (AvgIpc) is 3.22. The van der Waals surface area contributed by atoms with Crippen LogP contribution >= 0.6 is 23.1 Å². The third kappa shape index (κ3) is 5.77. The Kier molecular flexibility index (Phi) is 7.53. The number of nitrogens with zero attached hydrogens (tertiary/aromatic N) is 1. The van der Waals surface area contributed by atoms with Crippen molar-refractivity contribution in [2.75, 3.05) is 16.4 Å². The van der Waals surface area contributed by atoms with Gasteiger partial charge in [0.25, 0.3) is 0 Å². The van der Waals surface area contributed by atoms with Crippen molar-refractivity contribution in [2.24, 2.45) is 11.8 Å². The molecule has 3 aromatic rings. The highest BCUT2D eigenvalue weighted by Gasteiger charge is 2.35. The lowest BCUT2D eigenvalue weighted by atomic mass is 9.78. The molecule has 0 radical (unpaired) electrons. The zero-order valence-corrected chi connectivity index (χ0v) is 20.7. The first-order valence-electron chi connectivity index (χ1n) is 11.2. The van der Waals surface area contributed by atoms with Gasteiger partial charge in [-0.3, -0.25) is 14.4 Å². The van der Waals surface area contributed by atoms with Gasteiger partial charge in [0.1, 0.15) is 0 Å². The zero-order valence-electron chi connectivity index (χ0n) is 19.1. The van der Waals surface area contributed by atoms with Gasteiger partial charge < -0.3 is 15.7 Å². The van der Waals surface area contributed by atoms with E-state index < -0.39 is 17.8 Å². The van der Waals surface area contributed by atoms with Gasteiger partial charge in [0.15, 0.2) is 4.34 Å². The molecule has 1 fully saturated rings. The molecule has 0 unspecified atom stereocenters. The number of nitrogens with one attached hydrogen (secondary N) is 2. The number of thiazole rings is 1. The van der Waals surface area contributed by atoms with Crippen LogP contribution in [0.5, 0.6) is 0 Å². The van der Waals surface area contributed by atoms with Gasteiger partial charge in [0.2, 0.25) is 11.8 Å². The quantitative estimate of drug-likeness (QED) is 0.373. The summed E-state index contributed by atoms with van der Waals surface area (Å²) < 4.78 is 1.67. The van der Waals surface area contributed by atoms with Crippen molar-refractivity contribution < 1.29 is 19.5 Å². The van der Waals surface area contributed by atoms with E-state index in [1.54, 1.807) is 6.07 Å². The van der Waals surface area contributed by atoms with Crippen LogP contribution in [0.1, 0.15) is 36.8 Å². The number of rotatable bonds is 7. The van der Waals surface area contributed by atoms with Crippen molar-refractivity contribution in [3.05, 3.63) is 47.5 Å². The summed E-state index contributed by atoms with van der Waals surface area (Å²) >= 11 is 2.83. The molecular weight excluding hydrogens is 470 g/mol. The molecule has 1 aliphatic rings. The summed E-state index contributed by atoms with van der Waals surface area (Å²) in [6.07, 6.45) is 2.85. The predicted octanol–water partition coefficient (Wildman–Crippen LogP) is 5.47. The molecule has 1 heterocycles. The van der Waals surface area contributed by atoms with Crippen molar-refractivity contribution in [1.29, 1.82) is 0 Å². The van der Waals surface area contributed by atoms with Gasteiger partial charge in [-0.2, -0.15) is 0 Å². The van der Waals surface area contributed by atoms with Crippen LogP contribution in [-0.2, 0) is 14.4 Å². The minimum atomic E-state index is -0.902. The Morgan fingerprint density at radius 2 is 1.82 bits per heavy atom. The number of carbonyl (C=O) groups is 3. The Hall–Kier alpha value is -2.91. The summed E-state index contributed by atoms with van der Waals surface area (Å²) in [4.78, 5) is 41.3. The molecule has 0 spiro atoms. The molecule has 1 aliphatic carbocycles. The van der Waals surface area contributed by atoms with Crippen molar-refractivity contribution in [2.45, 2.75) is 43.9 Å². The molecule has 2 amide bonds. The molecule has 4 rings (SSSR count). The number of carbonyl (C=O) groups excluding carboxylic acids is 2. The number of benzene rings is 2. The van der Waals surface area contributed by atoms with Crippen LogP contribution in [0.25, 0.3) is 10.2 Å². The van der Waals surface area contributed by atoms with E-state index in [2.05, 4.69) is 15.6 Å². The Bertz CT molecular complexity index is 1240. The van der Waals surface area contributed by atoms with Gasteiger partial charge in [0.05, 0.1) is 27.8 Å². The predicted molar refractivity (Wildman–Crippen MR) is 137 cm³/mol. The van der Waals surface area contributed by atoms with Crippen LogP contribution in [0.4, 0.5) is 11.4 Å². The molecule has 7 nitrogen and oxygen atoms in total. The van der Waals surface area contributed by atoms with E-state index in [0.29, 0.717) is 18.5 Å². The van der Waals surface area contributed by atoms with E-state index >= 15 is 0 Å². The van der Waals surface area contributed by atoms with Gasteiger partial charge >= 0.3 is 5.97 Å². The second-order valence-electron chi connectivity index (χ2n) is 8.64. The number of fused-ring (bicyclic) bond motifs is 1. The molecule has 1 aromatic heterocycles. The van der Waals surface area contributed by atoms with Gasteiger partial charge in [-0.25, -0.2) is 4.98 Å². The normalized spacial score (nSPS) is 17.9. The Balaban J connectivity index is 1.38. The largest absolute Gasteiger partial charge is 0.481 e. The summed E-state index contributed by atoms with van der Waals surface area (Å²) in [6.45, 7) is 3.95. The number of aryl methyl sites for hydroxylation is 2. The first-order chi connectivity index (χ1) is 16.3. The molecule has 34 heavy (non-hydrogen) atoms. The van der Waals surface area contributed by atoms with Gasteiger partial charge in [0, 0.05) is 11.4 Å². The molecular formula is C25H27N3O4S2. The fourth-order valence-electron chi connectivity index (χ4n) is 4.20. The highest BCUT2D eigenvalue weighted by Crippen LogP contribution is 2.34. The number of aliphatic carboxylic acids is 1. The number of aromatic nitrogens is 1. The smallest absolute Gasteiger partial charge is 0.307 e. The maximum absolute atomic E-state index is 12.8. The minimum Gasteiger partial charge on any atom is -0.481 e. The second kappa shape index (κ2) is 10.6. The summed E-state index contributed by atoms with van der Waals surface area (Å²) in [7, 11) is 0. The maximum atomic E-state index is 12.8. The topological polar surface area (TPSA) is 108 Å². The number of carboxylic acid groups (broad SMARTS) is 1. The van der Waals surface area contributed by atoms with Gasteiger partial charge in [-0.05, 0) is 62.1 Å².